The molecule has 1 aromatic carbocycles. The maximum Gasteiger partial charge on any atom is 0.255 e. The first-order valence-electron chi connectivity index (χ1n) is 7.59. The van der Waals surface area contributed by atoms with E-state index in [4.69, 9.17) is 11.6 Å². The van der Waals surface area contributed by atoms with Crippen LogP contribution in [0.3, 0.4) is 0 Å². The maximum atomic E-state index is 12.9. The van der Waals surface area contributed by atoms with E-state index in [0.29, 0.717) is 17.5 Å². The van der Waals surface area contributed by atoms with Crippen LogP contribution in [-0.2, 0) is 9.84 Å². The summed E-state index contributed by atoms with van der Waals surface area (Å²) in [5, 5.41) is 0.371. The van der Waals surface area contributed by atoms with Crippen LogP contribution in [0.4, 0.5) is 0 Å². The lowest BCUT2D eigenvalue weighted by Crippen LogP contribution is -2.45. The monoisotopic (exact) mass is 343 g/mol. The fourth-order valence-electron chi connectivity index (χ4n) is 2.82. The molecule has 0 aliphatic carbocycles. The largest absolute Gasteiger partial charge is 0.336 e. The Bertz CT molecular complexity index is 672. The van der Waals surface area contributed by atoms with Crippen LogP contribution in [0, 0.1) is 5.92 Å². The fourth-order valence-corrected chi connectivity index (χ4v) is 4.06. The minimum absolute atomic E-state index is 0.0408. The minimum Gasteiger partial charge on any atom is -0.336 e. The average Bonchev–Trinajstić information content (AvgIpc) is 2.48. The Morgan fingerprint density at radius 1 is 1.32 bits per heavy atom. The Kier molecular flexibility index (Phi) is 5.17. The summed E-state index contributed by atoms with van der Waals surface area (Å²) in [5.74, 6) is 0.139. The normalized spacial score (nSPS) is 22.6. The molecule has 122 valence electrons. The van der Waals surface area contributed by atoms with Gasteiger partial charge in [-0.05, 0) is 43.9 Å². The molecular formula is C16H22ClNO3S. The molecule has 6 heteroatoms. The molecule has 4 nitrogen and oxygen atoms in total. The molecule has 1 aliphatic heterocycles. The van der Waals surface area contributed by atoms with Gasteiger partial charge in [-0.1, -0.05) is 25.4 Å². The van der Waals surface area contributed by atoms with Gasteiger partial charge in [-0.2, -0.15) is 0 Å². The van der Waals surface area contributed by atoms with Gasteiger partial charge >= 0.3 is 0 Å². The van der Waals surface area contributed by atoms with Gasteiger partial charge in [0.25, 0.3) is 5.91 Å². The van der Waals surface area contributed by atoms with Gasteiger partial charge < -0.3 is 4.90 Å². The fraction of sp³-hybridized carbons (Fsp3) is 0.562. The summed E-state index contributed by atoms with van der Waals surface area (Å²) >= 11 is 5.99. The molecular weight excluding hydrogens is 322 g/mol. The molecule has 0 spiro atoms. The average molecular weight is 344 g/mol. The molecule has 22 heavy (non-hydrogen) atoms. The zero-order valence-corrected chi connectivity index (χ0v) is 14.7. The molecule has 1 fully saturated rings. The van der Waals surface area contributed by atoms with Crippen molar-refractivity contribution in [2.45, 2.75) is 44.6 Å². The van der Waals surface area contributed by atoms with Crippen molar-refractivity contribution >= 4 is 27.3 Å². The van der Waals surface area contributed by atoms with Crippen LogP contribution in [-0.4, -0.2) is 37.6 Å². The van der Waals surface area contributed by atoms with Crippen LogP contribution in [0.1, 0.15) is 44.0 Å². The molecule has 1 aromatic rings. The van der Waals surface area contributed by atoms with Crippen molar-refractivity contribution in [2.24, 2.45) is 5.92 Å². The zero-order chi connectivity index (χ0) is 16.5. The highest BCUT2D eigenvalue weighted by Gasteiger charge is 2.31. The predicted octanol–water partition coefficient (Wildman–Crippen LogP) is 3.39. The third-order valence-electron chi connectivity index (χ3n) is 4.27. The number of halogens is 1. The van der Waals surface area contributed by atoms with Crippen molar-refractivity contribution in [3.63, 3.8) is 0 Å². The lowest BCUT2D eigenvalue weighted by atomic mass is 9.94. The van der Waals surface area contributed by atoms with Crippen molar-refractivity contribution in [3.05, 3.63) is 28.8 Å². The first-order chi connectivity index (χ1) is 10.3. The van der Waals surface area contributed by atoms with Crippen molar-refractivity contribution in [3.8, 4) is 0 Å². The van der Waals surface area contributed by atoms with E-state index >= 15 is 0 Å². The van der Waals surface area contributed by atoms with E-state index in [0.717, 1.165) is 12.8 Å². The Morgan fingerprint density at radius 3 is 2.64 bits per heavy atom. The standard InChI is InChI=1S/C16H22ClNO3S/c1-4-22(20,21)15-8-7-13(17)9-14(15)16(19)18-10-11(2)5-6-12(18)3/h7-9,11-12H,4-6,10H2,1-3H3/t11-,12-/m0/s1. The number of nitrogens with zero attached hydrogens (tertiary/aromatic N) is 1. The zero-order valence-electron chi connectivity index (χ0n) is 13.2. The van der Waals surface area contributed by atoms with Gasteiger partial charge in [-0.15, -0.1) is 0 Å². The number of piperidine rings is 1. The molecule has 0 radical (unpaired) electrons. The molecule has 2 atom stereocenters. The van der Waals surface area contributed by atoms with E-state index in [-0.39, 0.29) is 28.2 Å². The van der Waals surface area contributed by atoms with Gasteiger partial charge in [-0.25, -0.2) is 8.42 Å². The first kappa shape index (κ1) is 17.3. The number of sulfone groups is 1. The lowest BCUT2D eigenvalue weighted by Gasteiger charge is -2.37. The molecule has 1 amide bonds. The number of rotatable bonds is 3. The second kappa shape index (κ2) is 6.59. The van der Waals surface area contributed by atoms with E-state index < -0.39 is 9.84 Å². The Labute approximate surface area is 137 Å². The highest BCUT2D eigenvalue weighted by Crippen LogP contribution is 2.27. The molecule has 0 bridgehead atoms. The van der Waals surface area contributed by atoms with Crippen LogP contribution in [0.2, 0.25) is 5.02 Å². The topological polar surface area (TPSA) is 54.5 Å². The number of carbonyl (C=O) groups is 1. The quantitative estimate of drug-likeness (QED) is 0.845. The highest BCUT2D eigenvalue weighted by atomic mass is 35.5. The van der Waals surface area contributed by atoms with E-state index in [2.05, 4.69) is 6.92 Å². The predicted molar refractivity (Wildman–Crippen MR) is 88.1 cm³/mol. The molecule has 0 unspecified atom stereocenters. The van der Waals surface area contributed by atoms with E-state index in [1.54, 1.807) is 11.8 Å². The number of hydrogen-bond acceptors (Lipinski definition) is 3. The summed E-state index contributed by atoms with van der Waals surface area (Å²) in [5.41, 5.74) is 0.190. The highest BCUT2D eigenvalue weighted by molar-refractivity contribution is 7.91. The summed E-state index contributed by atoms with van der Waals surface area (Å²) in [7, 11) is -3.47. The summed E-state index contributed by atoms with van der Waals surface area (Å²) in [6, 6.07) is 4.54. The van der Waals surface area contributed by atoms with Gasteiger partial charge in [-0.3, -0.25) is 4.79 Å². The molecule has 1 saturated heterocycles. The molecule has 0 aromatic heterocycles. The van der Waals surface area contributed by atoms with Crippen molar-refractivity contribution in [2.75, 3.05) is 12.3 Å². The number of benzene rings is 1. The maximum absolute atomic E-state index is 12.9. The Balaban J connectivity index is 2.47. The summed E-state index contributed by atoms with van der Waals surface area (Å²) in [6.07, 6.45) is 2.02. The molecule has 0 N–H and O–H groups in total. The summed E-state index contributed by atoms with van der Waals surface area (Å²) in [6.45, 7) is 6.33. The van der Waals surface area contributed by atoms with Gasteiger partial charge in [0.15, 0.2) is 9.84 Å². The van der Waals surface area contributed by atoms with E-state index in [1.807, 2.05) is 6.92 Å². The summed E-state index contributed by atoms with van der Waals surface area (Å²) < 4.78 is 24.5. The van der Waals surface area contributed by atoms with E-state index in [9.17, 15) is 13.2 Å². The Morgan fingerprint density at radius 2 is 2.00 bits per heavy atom. The molecule has 1 aliphatic rings. The minimum atomic E-state index is -3.47. The van der Waals surface area contributed by atoms with Gasteiger partial charge in [0, 0.05) is 17.6 Å². The molecule has 0 saturated carbocycles. The molecule has 1 heterocycles. The number of hydrogen-bond donors (Lipinski definition) is 0. The third-order valence-corrected chi connectivity index (χ3v) is 6.29. The number of amides is 1. The van der Waals surface area contributed by atoms with Crippen LogP contribution >= 0.6 is 11.6 Å². The van der Waals surface area contributed by atoms with Crippen LogP contribution in [0.15, 0.2) is 23.1 Å². The third kappa shape index (κ3) is 3.46. The van der Waals surface area contributed by atoms with Crippen LogP contribution in [0.5, 0.6) is 0 Å². The summed E-state index contributed by atoms with van der Waals surface area (Å²) in [4.78, 5) is 14.7. The molecule has 2 rings (SSSR count). The lowest BCUT2D eigenvalue weighted by molar-refractivity contribution is 0.0570. The van der Waals surface area contributed by atoms with Crippen LogP contribution in [0.25, 0.3) is 0 Å². The smallest absolute Gasteiger partial charge is 0.255 e. The van der Waals surface area contributed by atoms with Gasteiger partial charge in [0.2, 0.25) is 0 Å². The SMILES string of the molecule is CCS(=O)(=O)c1ccc(Cl)cc1C(=O)N1C[C@@H](C)CC[C@@H]1C. The second-order valence-corrected chi connectivity index (χ2v) is 8.72. The second-order valence-electron chi connectivity index (χ2n) is 6.03. The number of likely N-dealkylation sites (tertiary alicyclic amines) is 1. The first-order valence-corrected chi connectivity index (χ1v) is 9.62. The van der Waals surface area contributed by atoms with Crippen LogP contribution < -0.4 is 0 Å². The van der Waals surface area contributed by atoms with Gasteiger partial charge in [0.05, 0.1) is 16.2 Å². The van der Waals surface area contributed by atoms with Crippen molar-refractivity contribution in [1.29, 1.82) is 0 Å². The van der Waals surface area contributed by atoms with E-state index in [1.165, 1.54) is 18.2 Å². The van der Waals surface area contributed by atoms with Crippen molar-refractivity contribution < 1.29 is 13.2 Å². The van der Waals surface area contributed by atoms with Crippen molar-refractivity contribution in [1.82, 2.24) is 4.90 Å². The number of carbonyl (C=O) groups excluding carboxylic acids is 1. The van der Waals surface area contributed by atoms with Gasteiger partial charge in [0.1, 0.15) is 0 Å². The Hall–Kier alpha value is -1.07.